The average Bonchev–Trinajstić information content (AvgIpc) is 2.17. The summed E-state index contributed by atoms with van der Waals surface area (Å²) in [5.74, 6) is 0. The summed E-state index contributed by atoms with van der Waals surface area (Å²) < 4.78 is 0. The van der Waals surface area contributed by atoms with E-state index in [2.05, 4.69) is 10.3 Å². The molecule has 1 aromatic heterocycles. The lowest BCUT2D eigenvalue weighted by molar-refractivity contribution is -0.385. The molecule has 1 aliphatic rings. The molecule has 0 amide bonds. The van der Waals surface area contributed by atoms with Crippen LogP contribution in [0.3, 0.4) is 0 Å². The second-order valence-electron chi connectivity index (χ2n) is 2.98. The molecule has 5 nitrogen and oxygen atoms in total. The standard InChI is InChI=1S/C8H9N3O2/c12-11(13)7-3-6-4-9-2-1-8(6)10-5-7/h3,5,9H,1-2,4H2. The molecular formula is C8H9N3O2. The van der Waals surface area contributed by atoms with Gasteiger partial charge >= 0.3 is 0 Å². The van der Waals surface area contributed by atoms with Crippen LogP contribution in [0.5, 0.6) is 0 Å². The first-order chi connectivity index (χ1) is 6.27. The van der Waals surface area contributed by atoms with Crippen LogP contribution < -0.4 is 5.32 Å². The fourth-order valence-electron chi connectivity index (χ4n) is 1.43. The number of nitro groups is 1. The fraction of sp³-hybridized carbons (Fsp3) is 0.375. The van der Waals surface area contributed by atoms with E-state index in [1.54, 1.807) is 6.07 Å². The van der Waals surface area contributed by atoms with Crippen LogP contribution in [0.25, 0.3) is 0 Å². The van der Waals surface area contributed by atoms with Gasteiger partial charge in [-0.05, 0) is 5.56 Å². The third-order valence-corrected chi connectivity index (χ3v) is 2.11. The van der Waals surface area contributed by atoms with Crippen LogP contribution in [0.1, 0.15) is 11.3 Å². The van der Waals surface area contributed by atoms with Crippen molar-refractivity contribution in [2.75, 3.05) is 6.54 Å². The molecule has 1 aromatic rings. The Morgan fingerprint density at radius 2 is 2.46 bits per heavy atom. The van der Waals surface area contributed by atoms with Gasteiger partial charge in [0, 0.05) is 31.3 Å². The van der Waals surface area contributed by atoms with Crippen molar-refractivity contribution in [1.82, 2.24) is 10.3 Å². The minimum atomic E-state index is -0.415. The van der Waals surface area contributed by atoms with Crippen LogP contribution in [-0.4, -0.2) is 16.5 Å². The van der Waals surface area contributed by atoms with Crippen molar-refractivity contribution in [1.29, 1.82) is 0 Å². The molecule has 2 rings (SSSR count). The van der Waals surface area contributed by atoms with Gasteiger partial charge in [-0.1, -0.05) is 0 Å². The van der Waals surface area contributed by atoms with E-state index in [0.29, 0.717) is 6.54 Å². The number of pyridine rings is 1. The van der Waals surface area contributed by atoms with Crippen molar-refractivity contribution in [3.8, 4) is 0 Å². The van der Waals surface area contributed by atoms with E-state index in [-0.39, 0.29) is 5.69 Å². The molecule has 0 bridgehead atoms. The Kier molecular flexibility index (Phi) is 1.94. The van der Waals surface area contributed by atoms with E-state index in [1.165, 1.54) is 6.20 Å². The summed E-state index contributed by atoms with van der Waals surface area (Å²) in [5.41, 5.74) is 1.99. The summed E-state index contributed by atoms with van der Waals surface area (Å²) >= 11 is 0. The van der Waals surface area contributed by atoms with Gasteiger partial charge in [0.2, 0.25) is 0 Å². The van der Waals surface area contributed by atoms with Gasteiger partial charge in [-0.2, -0.15) is 0 Å². The zero-order valence-electron chi connectivity index (χ0n) is 6.99. The van der Waals surface area contributed by atoms with Crippen molar-refractivity contribution in [2.24, 2.45) is 0 Å². The maximum absolute atomic E-state index is 10.4. The second kappa shape index (κ2) is 3.10. The third kappa shape index (κ3) is 1.50. The highest BCUT2D eigenvalue weighted by molar-refractivity contribution is 5.35. The summed E-state index contributed by atoms with van der Waals surface area (Å²) in [5, 5.41) is 13.6. The normalized spacial score (nSPS) is 15.1. The van der Waals surface area contributed by atoms with E-state index >= 15 is 0 Å². The monoisotopic (exact) mass is 179 g/mol. The van der Waals surface area contributed by atoms with Crippen LogP contribution >= 0.6 is 0 Å². The molecule has 1 aliphatic heterocycles. The lowest BCUT2D eigenvalue weighted by atomic mass is 10.1. The van der Waals surface area contributed by atoms with Crippen molar-refractivity contribution in [3.05, 3.63) is 33.6 Å². The smallest absolute Gasteiger partial charge is 0.287 e. The van der Waals surface area contributed by atoms with E-state index in [4.69, 9.17) is 0 Å². The quantitative estimate of drug-likeness (QED) is 0.507. The summed E-state index contributed by atoms with van der Waals surface area (Å²) in [7, 11) is 0. The highest BCUT2D eigenvalue weighted by Crippen LogP contribution is 2.17. The molecule has 1 N–H and O–H groups in total. The minimum Gasteiger partial charge on any atom is -0.312 e. The van der Waals surface area contributed by atoms with Crippen molar-refractivity contribution < 1.29 is 4.92 Å². The molecule has 0 fully saturated rings. The predicted octanol–water partition coefficient (Wildman–Crippen LogP) is 0.635. The maximum Gasteiger partial charge on any atom is 0.287 e. The average molecular weight is 179 g/mol. The molecule has 0 aromatic carbocycles. The number of nitrogens with zero attached hydrogens (tertiary/aromatic N) is 2. The van der Waals surface area contributed by atoms with Crippen LogP contribution in [0.2, 0.25) is 0 Å². The summed E-state index contributed by atoms with van der Waals surface area (Å²) in [6.07, 6.45) is 2.18. The molecule has 0 aliphatic carbocycles. The van der Waals surface area contributed by atoms with Crippen LogP contribution in [0, 0.1) is 10.1 Å². The van der Waals surface area contributed by atoms with E-state index in [9.17, 15) is 10.1 Å². The molecular weight excluding hydrogens is 170 g/mol. The zero-order chi connectivity index (χ0) is 9.26. The number of nitrogens with one attached hydrogen (secondary N) is 1. The molecule has 5 heteroatoms. The lowest BCUT2D eigenvalue weighted by Crippen LogP contribution is -2.24. The Morgan fingerprint density at radius 1 is 1.62 bits per heavy atom. The number of aromatic nitrogens is 1. The number of hydrogen-bond donors (Lipinski definition) is 1. The van der Waals surface area contributed by atoms with Gasteiger partial charge < -0.3 is 5.32 Å². The van der Waals surface area contributed by atoms with Gasteiger partial charge in [-0.15, -0.1) is 0 Å². The largest absolute Gasteiger partial charge is 0.312 e. The summed E-state index contributed by atoms with van der Waals surface area (Å²) in [6, 6.07) is 1.59. The van der Waals surface area contributed by atoms with Gasteiger partial charge in [0.15, 0.2) is 0 Å². The van der Waals surface area contributed by atoms with E-state index < -0.39 is 4.92 Å². The van der Waals surface area contributed by atoms with Crippen molar-refractivity contribution >= 4 is 5.69 Å². The first-order valence-electron chi connectivity index (χ1n) is 4.10. The summed E-state index contributed by atoms with van der Waals surface area (Å²) in [6.45, 7) is 1.59. The molecule has 68 valence electrons. The molecule has 0 radical (unpaired) electrons. The molecule has 0 saturated carbocycles. The Balaban J connectivity index is 2.40. The van der Waals surface area contributed by atoms with Gasteiger partial charge in [0.05, 0.1) is 4.92 Å². The second-order valence-corrected chi connectivity index (χ2v) is 2.98. The van der Waals surface area contributed by atoms with E-state index in [1.807, 2.05) is 0 Å². The molecule has 0 atom stereocenters. The van der Waals surface area contributed by atoms with Crippen molar-refractivity contribution in [3.63, 3.8) is 0 Å². The minimum absolute atomic E-state index is 0.0717. The molecule has 2 heterocycles. The van der Waals surface area contributed by atoms with Gasteiger partial charge in [-0.3, -0.25) is 15.1 Å². The Bertz CT molecular complexity index is 351. The zero-order valence-corrected chi connectivity index (χ0v) is 6.99. The van der Waals surface area contributed by atoms with Crippen LogP contribution in [-0.2, 0) is 13.0 Å². The predicted molar refractivity (Wildman–Crippen MR) is 46.3 cm³/mol. The number of rotatable bonds is 1. The third-order valence-electron chi connectivity index (χ3n) is 2.11. The summed E-state index contributed by atoms with van der Waals surface area (Å²) in [4.78, 5) is 14.1. The fourth-order valence-corrected chi connectivity index (χ4v) is 1.43. The Labute approximate surface area is 74.9 Å². The maximum atomic E-state index is 10.4. The van der Waals surface area contributed by atoms with E-state index in [0.717, 1.165) is 24.2 Å². The Morgan fingerprint density at radius 3 is 3.23 bits per heavy atom. The Hall–Kier alpha value is -1.49. The topological polar surface area (TPSA) is 68.1 Å². The number of hydrogen-bond acceptors (Lipinski definition) is 4. The molecule has 13 heavy (non-hydrogen) atoms. The van der Waals surface area contributed by atoms with Gasteiger partial charge in [0.1, 0.15) is 6.20 Å². The lowest BCUT2D eigenvalue weighted by Gasteiger charge is -2.14. The molecule has 0 saturated heterocycles. The molecule has 0 spiro atoms. The van der Waals surface area contributed by atoms with Gasteiger partial charge in [-0.25, -0.2) is 0 Å². The van der Waals surface area contributed by atoms with Crippen molar-refractivity contribution in [2.45, 2.75) is 13.0 Å². The first kappa shape index (κ1) is 8.12. The number of fused-ring (bicyclic) bond motifs is 1. The highest BCUT2D eigenvalue weighted by atomic mass is 16.6. The first-order valence-corrected chi connectivity index (χ1v) is 4.10. The van der Waals surface area contributed by atoms with Gasteiger partial charge in [0.25, 0.3) is 5.69 Å². The molecule has 0 unspecified atom stereocenters. The van der Waals surface area contributed by atoms with Crippen LogP contribution in [0.4, 0.5) is 5.69 Å². The van der Waals surface area contributed by atoms with Crippen LogP contribution in [0.15, 0.2) is 12.3 Å². The SMILES string of the molecule is O=[N+]([O-])c1cnc2c(c1)CNCC2. The highest BCUT2D eigenvalue weighted by Gasteiger charge is 2.14.